The molecule has 0 aromatic rings. The third kappa shape index (κ3) is 5.89. The minimum absolute atomic E-state index is 0.224. The van der Waals surface area contributed by atoms with Crippen molar-refractivity contribution in [1.29, 1.82) is 0 Å². The zero-order valence-corrected chi connectivity index (χ0v) is 7.37. The Balaban J connectivity index is 3.59. The second-order valence-corrected chi connectivity index (χ2v) is 2.20. The van der Waals surface area contributed by atoms with Gasteiger partial charge in [0.1, 0.15) is 0 Å². The molecule has 0 bridgehead atoms. The molecule has 2 nitrogen and oxygen atoms in total. The van der Waals surface area contributed by atoms with Crippen LogP contribution in [0.25, 0.3) is 0 Å². The molecule has 0 aromatic heterocycles. The third-order valence-electron chi connectivity index (χ3n) is 1.16. The van der Waals surface area contributed by atoms with Gasteiger partial charge in [0.15, 0.2) is 6.29 Å². The van der Waals surface area contributed by atoms with Gasteiger partial charge in [-0.3, -0.25) is 0 Å². The molecule has 12 heavy (non-hydrogen) atoms. The standard InChI is InChI=1S/C10H16O2/c1-4-7-10(11-8-5-2)12-9-6-3/h4-6,10H,1-3,7-9H2. The van der Waals surface area contributed by atoms with Crippen LogP contribution in [0.1, 0.15) is 6.42 Å². The first-order valence-corrected chi connectivity index (χ1v) is 3.91. The summed E-state index contributed by atoms with van der Waals surface area (Å²) in [5.74, 6) is 0. The minimum atomic E-state index is -0.224. The van der Waals surface area contributed by atoms with Crippen molar-refractivity contribution >= 4 is 0 Å². The molecule has 0 aliphatic carbocycles. The average Bonchev–Trinajstić information content (AvgIpc) is 2.10. The van der Waals surface area contributed by atoms with Crippen LogP contribution in [0.3, 0.4) is 0 Å². The normalized spacial score (nSPS) is 9.75. The predicted octanol–water partition coefficient (Wildman–Crippen LogP) is 2.29. The van der Waals surface area contributed by atoms with E-state index in [1.54, 1.807) is 18.2 Å². The number of hydrogen-bond donors (Lipinski definition) is 0. The SMILES string of the molecule is C=CCOC(CC=C)OCC=C. The monoisotopic (exact) mass is 168 g/mol. The van der Waals surface area contributed by atoms with E-state index in [0.717, 1.165) is 0 Å². The molecule has 0 rings (SSSR count). The van der Waals surface area contributed by atoms with Crippen LogP contribution in [0.2, 0.25) is 0 Å². The largest absolute Gasteiger partial charge is 0.348 e. The van der Waals surface area contributed by atoms with Gasteiger partial charge in [0.25, 0.3) is 0 Å². The van der Waals surface area contributed by atoms with Gasteiger partial charge < -0.3 is 9.47 Å². The third-order valence-corrected chi connectivity index (χ3v) is 1.16. The lowest BCUT2D eigenvalue weighted by Crippen LogP contribution is -2.16. The molecule has 0 saturated heterocycles. The molecular formula is C10H16O2. The Bertz CT molecular complexity index is 129. The zero-order valence-electron chi connectivity index (χ0n) is 7.37. The van der Waals surface area contributed by atoms with Crippen LogP contribution in [-0.4, -0.2) is 19.5 Å². The molecule has 2 heteroatoms. The zero-order chi connectivity index (χ0) is 9.23. The van der Waals surface area contributed by atoms with E-state index in [0.29, 0.717) is 19.6 Å². The molecule has 0 unspecified atom stereocenters. The molecule has 0 saturated carbocycles. The van der Waals surface area contributed by atoms with E-state index in [4.69, 9.17) is 9.47 Å². The lowest BCUT2D eigenvalue weighted by molar-refractivity contribution is -0.123. The number of rotatable bonds is 8. The summed E-state index contributed by atoms with van der Waals surface area (Å²) in [4.78, 5) is 0. The van der Waals surface area contributed by atoms with Crippen molar-refractivity contribution in [2.45, 2.75) is 12.7 Å². The Hall–Kier alpha value is -0.860. The first kappa shape index (κ1) is 11.1. The number of ether oxygens (including phenoxy) is 2. The summed E-state index contributed by atoms with van der Waals surface area (Å²) in [6.45, 7) is 11.7. The smallest absolute Gasteiger partial charge is 0.161 e. The predicted molar refractivity (Wildman–Crippen MR) is 50.9 cm³/mol. The van der Waals surface area contributed by atoms with Gasteiger partial charge in [-0.2, -0.15) is 0 Å². The Kier molecular flexibility index (Phi) is 7.65. The quantitative estimate of drug-likeness (QED) is 0.409. The van der Waals surface area contributed by atoms with Crippen LogP contribution < -0.4 is 0 Å². The van der Waals surface area contributed by atoms with Gasteiger partial charge in [-0.15, -0.1) is 19.7 Å². The fourth-order valence-electron chi connectivity index (χ4n) is 0.671. The summed E-state index contributed by atoms with van der Waals surface area (Å²) < 4.78 is 10.5. The van der Waals surface area contributed by atoms with Crippen molar-refractivity contribution in [3.05, 3.63) is 38.0 Å². The van der Waals surface area contributed by atoms with E-state index < -0.39 is 0 Å². The molecule has 0 spiro atoms. The molecule has 0 fully saturated rings. The summed E-state index contributed by atoms with van der Waals surface area (Å²) in [6, 6.07) is 0. The Morgan fingerprint density at radius 2 is 1.42 bits per heavy atom. The fourth-order valence-corrected chi connectivity index (χ4v) is 0.671. The topological polar surface area (TPSA) is 18.5 Å². The van der Waals surface area contributed by atoms with E-state index in [1.807, 2.05) is 0 Å². The average molecular weight is 168 g/mol. The molecule has 0 aliphatic heterocycles. The molecule has 0 N–H and O–H groups in total. The maximum Gasteiger partial charge on any atom is 0.161 e. The van der Waals surface area contributed by atoms with E-state index in [2.05, 4.69) is 19.7 Å². The highest BCUT2D eigenvalue weighted by Crippen LogP contribution is 2.01. The van der Waals surface area contributed by atoms with Crippen molar-refractivity contribution in [3.63, 3.8) is 0 Å². The summed E-state index contributed by atoms with van der Waals surface area (Å²) in [7, 11) is 0. The maximum absolute atomic E-state index is 5.27. The lowest BCUT2D eigenvalue weighted by atomic mass is 10.4. The summed E-state index contributed by atoms with van der Waals surface area (Å²) in [5, 5.41) is 0. The van der Waals surface area contributed by atoms with Crippen molar-refractivity contribution in [2.24, 2.45) is 0 Å². The van der Waals surface area contributed by atoms with E-state index in [-0.39, 0.29) is 6.29 Å². The maximum atomic E-state index is 5.27. The van der Waals surface area contributed by atoms with Gasteiger partial charge in [-0.05, 0) is 0 Å². The molecule has 0 atom stereocenters. The summed E-state index contributed by atoms with van der Waals surface area (Å²) in [5.41, 5.74) is 0. The van der Waals surface area contributed by atoms with Crippen molar-refractivity contribution in [3.8, 4) is 0 Å². The molecule has 68 valence electrons. The van der Waals surface area contributed by atoms with Crippen LogP contribution in [-0.2, 0) is 9.47 Å². The van der Waals surface area contributed by atoms with Crippen molar-refractivity contribution < 1.29 is 9.47 Å². The number of hydrogen-bond acceptors (Lipinski definition) is 2. The highest BCUT2D eigenvalue weighted by molar-refractivity contribution is 4.72. The van der Waals surface area contributed by atoms with E-state index >= 15 is 0 Å². The van der Waals surface area contributed by atoms with Crippen LogP contribution >= 0.6 is 0 Å². The molecule has 0 aliphatic rings. The van der Waals surface area contributed by atoms with Crippen LogP contribution in [0.4, 0.5) is 0 Å². The van der Waals surface area contributed by atoms with Gasteiger partial charge in [0.2, 0.25) is 0 Å². The molecule has 0 amide bonds. The lowest BCUT2D eigenvalue weighted by Gasteiger charge is -2.14. The van der Waals surface area contributed by atoms with Crippen LogP contribution in [0.5, 0.6) is 0 Å². The molecular weight excluding hydrogens is 152 g/mol. The van der Waals surface area contributed by atoms with Gasteiger partial charge >= 0.3 is 0 Å². The van der Waals surface area contributed by atoms with E-state index in [1.165, 1.54) is 0 Å². The van der Waals surface area contributed by atoms with Gasteiger partial charge in [0, 0.05) is 6.42 Å². The second-order valence-electron chi connectivity index (χ2n) is 2.20. The second kappa shape index (κ2) is 8.24. The Morgan fingerprint density at radius 1 is 0.917 bits per heavy atom. The summed E-state index contributed by atoms with van der Waals surface area (Å²) >= 11 is 0. The summed E-state index contributed by atoms with van der Waals surface area (Å²) in [6.07, 6.45) is 5.60. The first-order chi connectivity index (χ1) is 5.85. The Morgan fingerprint density at radius 3 is 1.75 bits per heavy atom. The highest BCUT2D eigenvalue weighted by atomic mass is 16.7. The molecule has 0 heterocycles. The Labute approximate surface area is 74.2 Å². The van der Waals surface area contributed by atoms with Gasteiger partial charge in [0.05, 0.1) is 13.2 Å². The van der Waals surface area contributed by atoms with Crippen molar-refractivity contribution in [1.82, 2.24) is 0 Å². The highest BCUT2D eigenvalue weighted by Gasteiger charge is 2.03. The van der Waals surface area contributed by atoms with Crippen LogP contribution in [0.15, 0.2) is 38.0 Å². The van der Waals surface area contributed by atoms with E-state index in [9.17, 15) is 0 Å². The minimum Gasteiger partial charge on any atom is -0.348 e. The first-order valence-electron chi connectivity index (χ1n) is 3.91. The molecule has 0 radical (unpaired) electrons. The fraction of sp³-hybridized carbons (Fsp3) is 0.400. The van der Waals surface area contributed by atoms with Crippen molar-refractivity contribution in [2.75, 3.05) is 13.2 Å². The van der Waals surface area contributed by atoms with Gasteiger partial charge in [-0.25, -0.2) is 0 Å². The van der Waals surface area contributed by atoms with Gasteiger partial charge in [-0.1, -0.05) is 18.2 Å². The molecule has 0 aromatic carbocycles. The van der Waals surface area contributed by atoms with Crippen LogP contribution in [0, 0.1) is 0 Å².